The molecule has 2 aromatic carbocycles. The second-order valence-electron chi connectivity index (χ2n) is 5.58. The quantitative estimate of drug-likeness (QED) is 0.550. The van der Waals surface area contributed by atoms with Crippen LogP contribution in [0.5, 0.6) is 0 Å². The van der Waals surface area contributed by atoms with Crippen LogP contribution in [0.1, 0.15) is 11.3 Å². The van der Waals surface area contributed by atoms with Crippen molar-refractivity contribution in [2.24, 2.45) is 0 Å². The molecule has 0 saturated carbocycles. The van der Waals surface area contributed by atoms with E-state index in [0.717, 1.165) is 29.2 Å². The summed E-state index contributed by atoms with van der Waals surface area (Å²) in [4.78, 5) is 8.84. The molecule has 1 aliphatic rings. The van der Waals surface area contributed by atoms with Gasteiger partial charge in [-0.25, -0.2) is 4.98 Å². The molecule has 1 heterocycles. The van der Waals surface area contributed by atoms with E-state index in [4.69, 9.17) is 5.73 Å². The van der Waals surface area contributed by atoms with Crippen molar-refractivity contribution < 1.29 is 0 Å². The number of nitrogens with one attached hydrogen (secondary N) is 1. The number of hydrogen-bond acceptors (Lipinski definition) is 4. The fourth-order valence-corrected chi connectivity index (χ4v) is 2.99. The molecule has 4 nitrogen and oxygen atoms in total. The number of anilines is 3. The lowest BCUT2D eigenvalue weighted by Crippen LogP contribution is -2.06. The van der Waals surface area contributed by atoms with E-state index < -0.39 is 0 Å². The van der Waals surface area contributed by atoms with Crippen molar-refractivity contribution in [3.05, 3.63) is 59.8 Å². The number of hydrogen-bond donors (Lipinski definition) is 2. The summed E-state index contributed by atoms with van der Waals surface area (Å²) in [6.07, 6.45) is 0.806. The Bertz CT molecular complexity index is 876. The number of rotatable bonds is 2. The summed E-state index contributed by atoms with van der Waals surface area (Å²) in [5.41, 5.74) is 12.6. The number of benzene rings is 2. The SMILES string of the molecule is Bc1cccc(Nc2nc(N)nc3c2-c2ccccc2C3)c1. The van der Waals surface area contributed by atoms with Crippen LogP contribution in [0.25, 0.3) is 11.1 Å². The minimum atomic E-state index is 0.307. The fourth-order valence-electron chi connectivity index (χ4n) is 2.99. The van der Waals surface area contributed by atoms with Crippen molar-refractivity contribution in [2.75, 3.05) is 11.1 Å². The summed E-state index contributed by atoms with van der Waals surface area (Å²) in [5.74, 6) is 1.08. The summed E-state index contributed by atoms with van der Waals surface area (Å²) in [7, 11) is 2.07. The maximum Gasteiger partial charge on any atom is 0.222 e. The van der Waals surface area contributed by atoms with Gasteiger partial charge in [0.1, 0.15) is 13.7 Å². The summed E-state index contributed by atoms with van der Waals surface area (Å²) in [6.45, 7) is 0. The first-order valence-corrected chi connectivity index (χ1v) is 7.29. The zero-order chi connectivity index (χ0) is 15.1. The standard InChI is InChI=1S/C17H15BN4/c18-11-5-3-6-12(9-11)20-16-15-13-7-2-1-4-10(13)8-14(15)21-17(19)22-16/h1-7,9H,8,18H2,(H3,19,20,21,22). The maximum absolute atomic E-state index is 5.89. The van der Waals surface area contributed by atoms with E-state index in [1.807, 2.05) is 18.2 Å². The summed E-state index contributed by atoms with van der Waals surface area (Å²) in [6, 6.07) is 16.5. The molecule has 0 atom stereocenters. The molecule has 1 aromatic heterocycles. The molecule has 0 saturated heterocycles. The van der Waals surface area contributed by atoms with Gasteiger partial charge in [-0.05, 0) is 23.3 Å². The van der Waals surface area contributed by atoms with E-state index in [1.165, 1.54) is 16.6 Å². The van der Waals surface area contributed by atoms with E-state index in [0.29, 0.717) is 5.95 Å². The molecule has 0 radical (unpaired) electrons. The van der Waals surface area contributed by atoms with Crippen LogP contribution in [-0.2, 0) is 6.42 Å². The first-order valence-electron chi connectivity index (χ1n) is 7.29. The summed E-state index contributed by atoms with van der Waals surface area (Å²) < 4.78 is 0. The lowest BCUT2D eigenvalue weighted by molar-refractivity contribution is 1.08. The largest absolute Gasteiger partial charge is 0.368 e. The van der Waals surface area contributed by atoms with Crippen LogP contribution in [0.3, 0.4) is 0 Å². The normalized spacial score (nSPS) is 11.8. The maximum atomic E-state index is 5.89. The van der Waals surface area contributed by atoms with Crippen molar-refractivity contribution in [1.29, 1.82) is 0 Å². The number of nitrogens with two attached hydrogens (primary N) is 1. The van der Waals surface area contributed by atoms with E-state index in [-0.39, 0.29) is 0 Å². The number of nitrogens with zero attached hydrogens (tertiary/aromatic N) is 2. The Morgan fingerprint density at radius 2 is 1.91 bits per heavy atom. The minimum Gasteiger partial charge on any atom is -0.368 e. The Hall–Kier alpha value is -2.82. The molecule has 0 bridgehead atoms. The molecule has 5 heteroatoms. The van der Waals surface area contributed by atoms with Gasteiger partial charge in [-0.2, -0.15) is 4.98 Å². The van der Waals surface area contributed by atoms with Gasteiger partial charge in [0.25, 0.3) is 0 Å². The Morgan fingerprint density at radius 1 is 1.05 bits per heavy atom. The topological polar surface area (TPSA) is 63.8 Å². The molecule has 0 amide bonds. The molecule has 0 fully saturated rings. The van der Waals surface area contributed by atoms with Gasteiger partial charge in [-0.15, -0.1) is 0 Å². The minimum absolute atomic E-state index is 0.307. The van der Waals surface area contributed by atoms with Crippen LogP contribution in [0.2, 0.25) is 0 Å². The van der Waals surface area contributed by atoms with Gasteiger partial charge in [0.05, 0.1) is 5.69 Å². The van der Waals surface area contributed by atoms with E-state index in [1.54, 1.807) is 0 Å². The lowest BCUT2D eigenvalue weighted by atomic mass is 9.96. The molecule has 3 aromatic rings. The van der Waals surface area contributed by atoms with Gasteiger partial charge in [-0.3, -0.25) is 0 Å². The molecular weight excluding hydrogens is 271 g/mol. The van der Waals surface area contributed by atoms with E-state index in [9.17, 15) is 0 Å². The Kier molecular flexibility index (Phi) is 2.86. The highest BCUT2D eigenvalue weighted by Crippen LogP contribution is 2.40. The average molecular weight is 286 g/mol. The van der Waals surface area contributed by atoms with Crippen LogP contribution in [0.4, 0.5) is 17.5 Å². The van der Waals surface area contributed by atoms with Gasteiger partial charge in [-0.1, -0.05) is 41.9 Å². The second kappa shape index (κ2) is 4.88. The van der Waals surface area contributed by atoms with Crippen LogP contribution in [0.15, 0.2) is 48.5 Å². The van der Waals surface area contributed by atoms with Crippen LogP contribution in [-0.4, -0.2) is 17.8 Å². The zero-order valence-corrected chi connectivity index (χ0v) is 12.3. The van der Waals surface area contributed by atoms with E-state index >= 15 is 0 Å². The van der Waals surface area contributed by atoms with Gasteiger partial charge in [0.2, 0.25) is 5.95 Å². The Labute approximate surface area is 129 Å². The first kappa shape index (κ1) is 12.9. The van der Waals surface area contributed by atoms with Crippen LogP contribution < -0.4 is 16.5 Å². The van der Waals surface area contributed by atoms with Crippen LogP contribution >= 0.6 is 0 Å². The molecule has 106 valence electrons. The van der Waals surface area contributed by atoms with Gasteiger partial charge in [0, 0.05) is 17.7 Å². The van der Waals surface area contributed by atoms with Crippen molar-refractivity contribution in [3.8, 4) is 11.1 Å². The highest BCUT2D eigenvalue weighted by Gasteiger charge is 2.24. The van der Waals surface area contributed by atoms with Gasteiger partial charge >= 0.3 is 0 Å². The number of nitrogen functional groups attached to an aromatic ring is 1. The number of aromatic nitrogens is 2. The third-order valence-electron chi connectivity index (χ3n) is 3.93. The predicted octanol–water partition coefficient (Wildman–Crippen LogP) is 1.63. The number of fused-ring (bicyclic) bond motifs is 3. The van der Waals surface area contributed by atoms with E-state index in [2.05, 4.69) is 53.5 Å². The molecule has 1 aliphatic carbocycles. The zero-order valence-electron chi connectivity index (χ0n) is 12.3. The van der Waals surface area contributed by atoms with Crippen molar-refractivity contribution in [2.45, 2.75) is 6.42 Å². The highest BCUT2D eigenvalue weighted by atomic mass is 15.1. The summed E-state index contributed by atoms with van der Waals surface area (Å²) in [5, 5.41) is 3.40. The van der Waals surface area contributed by atoms with Crippen molar-refractivity contribution in [3.63, 3.8) is 0 Å². The third-order valence-corrected chi connectivity index (χ3v) is 3.93. The lowest BCUT2D eigenvalue weighted by Gasteiger charge is -2.12. The van der Waals surface area contributed by atoms with Gasteiger partial charge < -0.3 is 11.1 Å². The third kappa shape index (κ3) is 2.11. The smallest absolute Gasteiger partial charge is 0.222 e. The molecule has 22 heavy (non-hydrogen) atoms. The molecule has 0 spiro atoms. The Morgan fingerprint density at radius 3 is 2.77 bits per heavy atom. The fraction of sp³-hybridized carbons (Fsp3) is 0.0588. The van der Waals surface area contributed by atoms with Crippen molar-refractivity contribution in [1.82, 2.24) is 9.97 Å². The monoisotopic (exact) mass is 286 g/mol. The predicted molar refractivity (Wildman–Crippen MR) is 92.6 cm³/mol. The molecule has 3 N–H and O–H groups in total. The van der Waals surface area contributed by atoms with Gasteiger partial charge in [0.15, 0.2) is 0 Å². The second-order valence-corrected chi connectivity index (χ2v) is 5.58. The average Bonchev–Trinajstić information content (AvgIpc) is 2.85. The Balaban J connectivity index is 1.85. The molecule has 0 unspecified atom stereocenters. The summed E-state index contributed by atoms with van der Waals surface area (Å²) >= 11 is 0. The molecule has 0 aliphatic heterocycles. The highest BCUT2D eigenvalue weighted by molar-refractivity contribution is 6.32. The van der Waals surface area contributed by atoms with Crippen LogP contribution in [0, 0.1) is 0 Å². The molecular formula is C17H15BN4. The first-order chi connectivity index (χ1) is 10.7. The van der Waals surface area contributed by atoms with Crippen molar-refractivity contribution >= 4 is 30.8 Å². The molecule has 4 rings (SSSR count).